The summed E-state index contributed by atoms with van der Waals surface area (Å²) in [5.74, 6) is 0.740. The van der Waals surface area contributed by atoms with E-state index in [1.165, 1.54) is 0 Å². The van der Waals surface area contributed by atoms with Gasteiger partial charge in [0.2, 0.25) is 0 Å². The average Bonchev–Trinajstić information content (AvgIpc) is 3.04. The number of imidazole rings is 1. The van der Waals surface area contributed by atoms with E-state index in [0.717, 1.165) is 22.7 Å². The molecule has 0 radical (unpaired) electrons. The lowest BCUT2D eigenvalue weighted by Crippen LogP contribution is -1.98. The second-order valence-corrected chi connectivity index (χ2v) is 5.77. The third-order valence-electron chi connectivity index (χ3n) is 3.42. The predicted molar refractivity (Wildman–Crippen MR) is 92.2 cm³/mol. The molecular weight excluding hydrogens is 333 g/mol. The van der Waals surface area contributed by atoms with Crippen molar-refractivity contribution in [2.75, 3.05) is 0 Å². The van der Waals surface area contributed by atoms with Crippen molar-refractivity contribution in [3.63, 3.8) is 0 Å². The number of nitrogens with two attached hydrogens (primary N) is 1. The van der Waals surface area contributed by atoms with Gasteiger partial charge in [0.25, 0.3) is 0 Å². The van der Waals surface area contributed by atoms with Gasteiger partial charge in [-0.2, -0.15) is 0 Å². The second kappa shape index (κ2) is 7.04. The summed E-state index contributed by atoms with van der Waals surface area (Å²) in [6, 6.07) is 13.1. The van der Waals surface area contributed by atoms with Crippen LogP contribution in [0.4, 0.5) is 0 Å². The maximum absolute atomic E-state index is 6.13. The quantitative estimate of drug-likeness (QED) is 0.751. The maximum atomic E-state index is 6.13. The fraction of sp³-hybridized carbons (Fsp3) is 0.118. The summed E-state index contributed by atoms with van der Waals surface area (Å²) in [4.78, 5) is 4.21. The lowest BCUT2D eigenvalue weighted by atomic mass is 10.2. The van der Waals surface area contributed by atoms with Crippen molar-refractivity contribution in [1.29, 1.82) is 0 Å². The molecule has 0 saturated carbocycles. The van der Waals surface area contributed by atoms with Crippen molar-refractivity contribution < 1.29 is 4.74 Å². The third kappa shape index (κ3) is 3.67. The van der Waals surface area contributed by atoms with Crippen molar-refractivity contribution in [1.82, 2.24) is 9.55 Å². The Balaban J connectivity index is 1.70. The fourth-order valence-electron chi connectivity index (χ4n) is 2.15. The van der Waals surface area contributed by atoms with Crippen LogP contribution in [0.1, 0.15) is 11.3 Å². The van der Waals surface area contributed by atoms with Gasteiger partial charge in [0.05, 0.1) is 12.0 Å². The number of ether oxygens (including phenoxy) is 1. The van der Waals surface area contributed by atoms with Crippen molar-refractivity contribution in [3.05, 3.63) is 76.3 Å². The van der Waals surface area contributed by atoms with Crippen molar-refractivity contribution in [3.8, 4) is 11.4 Å². The molecule has 0 bridgehead atoms. The van der Waals surface area contributed by atoms with Gasteiger partial charge in [0.1, 0.15) is 12.4 Å². The maximum Gasteiger partial charge on any atom is 0.119 e. The van der Waals surface area contributed by atoms with Crippen LogP contribution in [0.25, 0.3) is 5.69 Å². The molecule has 0 aliphatic carbocycles. The van der Waals surface area contributed by atoms with E-state index in [4.69, 9.17) is 33.7 Å². The van der Waals surface area contributed by atoms with Gasteiger partial charge in [0, 0.05) is 34.0 Å². The van der Waals surface area contributed by atoms with Gasteiger partial charge in [-0.25, -0.2) is 4.98 Å². The highest BCUT2D eigenvalue weighted by atomic mass is 35.5. The summed E-state index contributed by atoms with van der Waals surface area (Å²) >= 11 is 12.3. The Labute approximate surface area is 144 Å². The first-order valence-corrected chi connectivity index (χ1v) is 7.82. The van der Waals surface area contributed by atoms with E-state index in [1.54, 1.807) is 18.5 Å². The lowest BCUT2D eigenvalue weighted by molar-refractivity contribution is 0.306. The summed E-state index contributed by atoms with van der Waals surface area (Å²) in [5.41, 5.74) is 8.18. The van der Waals surface area contributed by atoms with Crippen LogP contribution in [0.2, 0.25) is 10.0 Å². The summed E-state index contributed by atoms with van der Waals surface area (Å²) in [5, 5.41) is 1.20. The Morgan fingerprint density at radius 1 is 1.04 bits per heavy atom. The second-order valence-electron chi connectivity index (χ2n) is 4.96. The van der Waals surface area contributed by atoms with Gasteiger partial charge >= 0.3 is 0 Å². The largest absolute Gasteiger partial charge is 0.489 e. The van der Waals surface area contributed by atoms with E-state index in [0.29, 0.717) is 23.2 Å². The third-order valence-corrected chi connectivity index (χ3v) is 4.13. The summed E-state index contributed by atoms with van der Waals surface area (Å²) in [6.07, 6.45) is 3.64. The number of hydrogen-bond donors (Lipinski definition) is 1. The van der Waals surface area contributed by atoms with Crippen LogP contribution in [-0.4, -0.2) is 9.55 Å². The zero-order valence-corrected chi connectivity index (χ0v) is 13.8. The first kappa shape index (κ1) is 15.9. The Hall–Kier alpha value is -2.01. The van der Waals surface area contributed by atoms with Crippen molar-refractivity contribution >= 4 is 23.2 Å². The van der Waals surface area contributed by atoms with Crippen LogP contribution in [0, 0.1) is 0 Å². The molecule has 3 aromatic rings. The first-order chi connectivity index (χ1) is 11.2. The van der Waals surface area contributed by atoms with Gasteiger partial charge in [-0.1, -0.05) is 29.3 Å². The normalized spacial score (nSPS) is 10.7. The zero-order chi connectivity index (χ0) is 16.2. The van der Waals surface area contributed by atoms with Crippen LogP contribution < -0.4 is 10.5 Å². The predicted octanol–water partition coefficient (Wildman–Crippen LogP) is 4.22. The highest BCUT2D eigenvalue weighted by Crippen LogP contribution is 2.26. The molecular formula is C17H15Cl2N3O. The van der Waals surface area contributed by atoms with Gasteiger partial charge in [-0.3, -0.25) is 0 Å². The molecule has 1 heterocycles. The molecule has 0 aliphatic heterocycles. The van der Waals surface area contributed by atoms with Crippen molar-refractivity contribution in [2.24, 2.45) is 5.73 Å². The molecule has 6 heteroatoms. The first-order valence-electron chi connectivity index (χ1n) is 7.06. The number of aromatic nitrogens is 2. The molecule has 0 amide bonds. The monoisotopic (exact) mass is 347 g/mol. The Bertz CT molecular complexity index is 780. The lowest BCUT2D eigenvalue weighted by Gasteiger charge is -2.10. The minimum Gasteiger partial charge on any atom is -0.489 e. The van der Waals surface area contributed by atoms with Gasteiger partial charge in [0.15, 0.2) is 0 Å². The van der Waals surface area contributed by atoms with Crippen LogP contribution in [0.3, 0.4) is 0 Å². The highest BCUT2D eigenvalue weighted by Gasteiger charge is 2.06. The average molecular weight is 348 g/mol. The Kier molecular flexibility index (Phi) is 4.86. The molecule has 23 heavy (non-hydrogen) atoms. The molecule has 0 spiro atoms. The molecule has 0 aliphatic rings. The Morgan fingerprint density at radius 3 is 2.35 bits per heavy atom. The van der Waals surface area contributed by atoms with Crippen LogP contribution in [0.15, 0.2) is 55.0 Å². The number of benzene rings is 2. The summed E-state index contributed by atoms with van der Waals surface area (Å²) in [6.45, 7) is 0.743. The van der Waals surface area contributed by atoms with Gasteiger partial charge in [-0.15, -0.1) is 0 Å². The minimum absolute atomic E-state index is 0.320. The van der Waals surface area contributed by atoms with E-state index in [1.807, 2.05) is 41.1 Å². The highest BCUT2D eigenvalue weighted by molar-refractivity contribution is 6.35. The summed E-state index contributed by atoms with van der Waals surface area (Å²) < 4.78 is 7.67. The SMILES string of the molecule is NCc1cn(-c2ccc(OCc3c(Cl)cccc3Cl)cc2)cn1. The van der Waals surface area contributed by atoms with Crippen molar-refractivity contribution in [2.45, 2.75) is 13.2 Å². The smallest absolute Gasteiger partial charge is 0.119 e. The molecule has 3 rings (SSSR count). The van der Waals surface area contributed by atoms with E-state index >= 15 is 0 Å². The van der Waals surface area contributed by atoms with Crippen LogP contribution in [-0.2, 0) is 13.2 Å². The van der Waals surface area contributed by atoms with E-state index in [-0.39, 0.29) is 0 Å². The number of rotatable bonds is 5. The topological polar surface area (TPSA) is 53.1 Å². The Morgan fingerprint density at radius 2 is 1.74 bits per heavy atom. The molecule has 118 valence electrons. The minimum atomic E-state index is 0.320. The fourth-order valence-corrected chi connectivity index (χ4v) is 2.66. The number of nitrogens with zero attached hydrogens (tertiary/aromatic N) is 2. The van der Waals surface area contributed by atoms with Gasteiger partial charge < -0.3 is 15.0 Å². The standard InChI is InChI=1S/C17H15Cl2N3O/c18-16-2-1-3-17(19)15(16)10-23-14-6-4-13(5-7-14)22-9-12(8-20)21-11-22/h1-7,9,11H,8,10,20H2. The van der Waals surface area contributed by atoms with Gasteiger partial charge in [-0.05, 0) is 36.4 Å². The molecule has 0 saturated heterocycles. The molecule has 0 fully saturated rings. The zero-order valence-electron chi connectivity index (χ0n) is 12.2. The van der Waals surface area contributed by atoms with E-state index in [9.17, 15) is 0 Å². The van der Waals surface area contributed by atoms with Crippen LogP contribution >= 0.6 is 23.2 Å². The van der Waals surface area contributed by atoms with E-state index < -0.39 is 0 Å². The van der Waals surface area contributed by atoms with E-state index in [2.05, 4.69) is 4.98 Å². The molecule has 0 atom stereocenters. The summed E-state index contributed by atoms with van der Waals surface area (Å²) in [7, 11) is 0. The molecule has 4 nitrogen and oxygen atoms in total. The molecule has 0 unspecified atom stereocenters. The number of halogens is 2. The molecule has 2 N–H and O–H groups in total. The van der Waals surface area contributed by atoms with Crippen LogP contribution in [0.5, 0.6) is 5.75 Å². The molecule has 1 aromatic heterocycles. The number of hydrogen-bond acceptors (Lipinski definition) is 3. The molecule has 2 aromatic carbocycles.